The highest BCUT2D eigenvalue weighted by Gasteiger charge is 2.23. The standard InChI is InChI=1S/C13H26O3/c1-7-8-11(6)15-13(14)16-12(9(2)3)10(4)5/h9-12H,7-8H2,1-6H3. The molecule has 0 fully saturated rings. The van der Waals surface area contributed by atoms with Crippen molar-refractivity contribution in [3.05, 3.63) is 0 Å². The fourth-order valence-electron chi connectivity index (χ4n) is 1.81. The maximum atomic E-state index is 11.5. The minimum absolute atomic E-state index is 0.0579. The summed E-state index contributed by atoms with van der Waals surface area (Å²) in [6.07, 6.45) is 1.22. The lowest BCUT2D eigenvalue weighted by molar-refractivity contribution is -0.0266. The highest BCUT2D eigenvalue weighted by Crippen LogP contribution is 2.17. The normalized spacial score (nSPS) is 13.3. The Morgan fingerprint density at radius 1 is 1.00 bits per heavy atom. The van der Waals surface area contributed by atoms with Crippen molar-refractivity contribution >= 4 is 6.16 Å². The second-order valence-electron chi connectivity index (χ2n) is 5.04. The Bertz CT molecular complexity index is 191. The Balaban J connectivity index is 4.10. The summed E-state index contributed by atoms with van der Waals surface area (Å²) in [5.74, 6) is 0.628. The highest BCUT2D eigenvalue weighted by molar-refractivity contribution is 5.60. The minimum Gasteiger partial charge on any atom is -0.431 e. The molecule has 0 heterocycles. The van der Waals surface area contributed by atoms with Crippen LogP contribution in [-0.4, -0.2) is 18.4 Å². The maximum Gasteiger partial charge on any atom is 0.508 e. The van der Waals surface area contributed by atoms with Crippen molar-refractivity contribution in [2.24, 2.45) is 11.8 Å². The fourth-order valence-corrected chi connectivity index (χ4v) is 1.81. The molecular formula is C13H26O3. The largest absolute Gasteiger partial charge is 0.508 e. The van der Waals surface area contributed by atoms with E-state index >= 15 is 0 Å². The van der Waals surface area contributed by atoms with E-state index in [1.165, 1.54) is 0 Å². The zero-order valence-corrected chi connectivity index (χ0v) is 11.4. The van der Waals surface area contributed by atoms with Crippen LogP contribution < -0.4 is 0 Å². The van der Waals surface area contributed by atoms with Crippen molar-refractivity contribution in [2.45, 2.75) is 66.6 Å². The van der Waals surface area contributed by atoms with Gasteiger partial charge in [0.15, 0.2) is 0 Å². The van der Waals surface area contributed by atoms with Gasteiger partial charge in [0.05, 0.1) is 0 Å². The van der Waals surface area contributed by atoms with E-state index in [1.54, 1.807) is 0 Å². The Morgan fingerprint density at radius 2 is 1.50 bits per heavy atom. The Hall–Kier alpha value is -0.730. The van der Waals surface area contributed by atoms with Gasteiger partial charge in [-0.05, 0) is 25.2 Å². The van der Waals surface area contributed by atoms with Gasteiger partial charge in [-0.15, -0.1) is 0 Å². The minimum atomic E-state index is -0.534. The third kappa shape index (κ3) is 5.99. The van der Waals surface area contributed by atoms with Gasteiger partial charge in [-0.3, -0.25) is 0 Å². The second-order valence-corrected chi connectivity index (χ2v) is 5.04. The molecule has 0 radical (unpaired) electrons. The van der Waals surface area contributed by atoms with Crippen LogP contribution in [0.25, 0.3) is 0 Å². The van der Waals surface area contributed by atoms with Crippen LogP contribution in [0.2, 0.25) is 0 Å². The summed E-state index contributed by atoms with van der Waals surface area (Å²) >= 11 is 0. The van der Waals surface area contributed by atoms with Crippen molar-refractivity contribution in [3.63, 3.8) is 0 Å². The van der Waals surface area contributed by atoms with Crippen molar-refractivity contribution < 1.29 is 14.3 Å². The summed E-state index contributed by atoms with van der Waals surface area (Å²) < 4.78 is 10.5. The molecule has 3 heteroatoms. The van der Waals surface area contributed by atoms with Crippen LogP contribution in [0.15, 0.2) is 0 Å². The summed E-state index contributed by atoms with van der Waals surface area (Å²) in [7, 11) is 0. The molecule has 3 nitrogen and oxygen atoms in total. The summed E-state index contributed by atoms with van der Waals surface area (Å²) in [5, 5.41) is 0. The van der Waals surface area contributed by atoms with Crippen LogP contribution in [0, 0.1) is 11.8 Å². The van der Waals surface area contributed by atoms with Crippen molar-refractivity contribution in [1.29, 1.82) is 0 Å². The Morgan fingerprint density at radius 3 is 1.88 bits per heavy atom. The van der Waals surface area contributed by atoms with E-state index in [-0.39, 0.29) is 12.2 Å². The number of ether oxygens (including phenoxy) is 2. The molecule has 16 heavy (non-hydrogen) atoms. The molecule has 1 atom stereocenters. The van der Waals surface area contributed by atoms with Gasteiger partial charge < -0.3 is 9.47 Å². The third-order valence-corrected chi connectivity index (χ3v) is 2.54. The molecule has 0 saturated heterocycles. The predicted molar refractivity (Wildman–Crippen MR) is 65.4 cm³/mol. The smallest absolute Gasteiger partial charge is 0.431 e. The van der Waals surface area contributed by atoms with E-state index in [1.807, 2.05) is 34.6 Å². The molecule has 0 amide bonds. The van der Waals surface area contributed by atoms with E-state index in [0.717, 1.165) is 12.8 Å². The zero-order valence-electron chi connectivity index (χ0n) is 11.4. The van der Waals surface area contributed by atoms with Crippen LogP contribution in [0.3, 0.4) is 0 Å². The van der Waals surface area contributed by atoms with Gasteiger partial charge in [-0.2, -0.15) is 0 Å². The summed E-state index contributed by atoms with van der Waals surface area (Å²) in [6.45, 7) is 12.2. The molecule has 96 valence electrons. The average Bonchev–Trinajstić information content (AvgIpc) is 2.13. The SMILES string of the molecule is CCCC(C)OC(=O)OC(C(C)C)C(C)C. The molecule has 0 aromatic heterocycles. The Kier molecular flexibility index (Phi) is 7.18. The van der Waals surface area contributed by atoms with E-state index in [0.29, 0.717) is 11.8 Å². The van der Waals surface area contributed by atoms with E-state index in [9.17, 15) is 4.79 Å². The van der Waals surface area contributed by atoms with Gasteiger partial charge in [0.2, 0.25) is 0 Å². The number of rotatable bonds is 6. The van der Waals surface area contributed by atoms with Crippen LogP contribution in [-0.2, 0) is 9.47 Å². The molecule has 0 aliphatic rings. The monoisotopic (exact) mass is 230 g/mol. The van der Waals surface area contributed by atoms with Gasteiger partial charge in [0.25, 0.3) is 0 Å². The van der Waals surface area contributed by atoms with Crippen molar-refractivity contribution in [1.82, 2.24) is 0 Å². The van der Waals surface area contributed by atoms with Gasteiger partial charge in [-0.1, -0.05) is 41.0 Å². The van der Waals surface area contributed by atoms with E-state index < -0.39 is 6.16 Å². The lowest BCUT2D eigenvalue weighted by Gasteiger charge is -2.25. The van der Waals surface area contributed by atoms with Gasteiger partial charge in [-0.25, -0.2) is 4.79 Å². The molecule has 1 unspecified atom stereocenters. The van der Waals surface area contributed by atoms with Crippen LogP contribution in [0.5, 0.6) is 0 Å². The molecular weight excluding hydrogens is 204 g/mol. The molecule has 0 aliphatic heterocycles. The summed E-state index contributed by atoms with van der Waals surface area (Å²) in [6, 6.07) is 0. The molecule has 0 spiro atoms. The average molecular weight is 230 g/mol. The van der Waals surface area contributed by atoms with Crippen LogP contribution in [0.1, 0.15) is 54.4 Å². The Labute approximate surface area is 99.5 Å². The zero-order chi connectivity index (χ0) is 12.7. The highest BCUT2D eigenvalue weighted by atomic mass is 16.7. The van der Waals surface area contributed by atoms with E-state index in [2.05, 4.69) is 6.92 Å². The first kappa shape index (κ1) is 15.3. The topological polar surface area (TPSA) is 35.5 Å². The number of carbonyl (C=O) groups excluding carboxylic acids is 1. The first-order chi connectivity index (χ1) is 7.38. The quantitative estimate of drug-likeness (QED) is 0.647. The molecule has 0 saturated carbocycles. The summed E-state index contributed by atoms with van der Waals surface area (Å²) in [4.78, 5) is 11.5. The molecule has 0 aromatic carbocycles. The summed E-state index contributed by atoms with van der Waals surface area (Å²) in [5.41, 5.74) is 0. The lowest BCUT2D eigenvalue weighted by Crippen LogP contribution is -2.30. The third-order valence-electron chi connectivity index (χ3n) is 2.54. The van der Waals surface area contributed by atoms with Crippen molar-refractivity contribution in [2.75, 3.05) is 0 Å². The lowest BCUT2D eigenvalue weighted by atomic mass is 9.96. The molecule has 0 aromatic rings. The molecule has 0 N–H and O–H groups in total. The van der Waals surface area contributed by atoms with Crippen molar-refractivity contribution in [3.8, 4) is 0 Å². The molecule has 0 rings (SSSR count). The predicted octanol–water partition coefficient (Wildman–Crippen LogP) is 4.01. The first-order valence-electron chi connectivity index (χ1n) is 6.25. The maximum absolute atomic E-state index is 11.5. The van der Waals surface area contributed by atoms with Gasteiger partial charge in [0, 0.05) is 0 Å². The molecule has 0 bridgehead atoms. The molecule has 0 aliphatic carbocycles. The van der Waals surface area contributed by atoms with Gasteiger partial charge >= 0.3 is 6.16 Å². The van der Waals surface area contributed by atoms with E-state index in [4.69, 9.17) is 9.47 Å². The number of hydrogen-bond donors (Lipinski definition) is 0. The number of hydrogen-bond acceptors (Lipinski definition) is 3. The second kappa shape index (κ2) is 7.53. The van der Waals surface area contributed by atoms with Gasteiger partial charge in [0.1, 0.15) is 12.2 Å². The first-order valence-corrected chi connectivity index (χ1v) is 6.25. The number of carbonyl (C=O) groups is 1. The fraction of sp³-hybridized carbons (Fsp3) is 0.923. The van der Waals surface area contributed by atoms with Crippen LogP contribution >= 0.6 is 0 Å². The van der Waals surface area contributed by atoms with Crippen LogP contribution in [0.4, 0.5) is 4.79 Å².